The van der Waals surface area contributed by atoms with Gasteiger partial charge in [-0.2, -0.15) is 13.2 Å². The number of aromatic carboxylic acids is 1. The average molecular weight is 244 g/mol. The Bertz CT molecular complexity index is 517. The van der Waals surface area contributed by atoms with Gasteiger partial charge in [0.2, 0.25) is 0 Å². The average Bonchev–Trinajstić information content (AvgIpc) is 2.95. The van der Waals surface area contributed by atoms with Crippen LogP contribution < -0.4 is 0 Å². The Morgan fingerprint density at radius 2 is 1.88 bits per heavy atom. The number of benzene rings is 1. The fourth-order valence-corrected chi connectivity index (χ4v) is 1.55. The normalized spacial score (nSPS) is 16.9. The van der Waals surface area contributed by atoms with Crippen LogP contribution in [0.5, 0.6) is 0 Å². The fourth-order valence-electron chi connectivity index (χ4n) is 1.55. The first-order valence-electron chi connectivity index (χ1n) is 4.62. The molecule has 90 valence electrons. The highest BCUT2D eigenvalue weighted by Gasteiger charge is 2.65. The summed E-state index contributed by atoms with van der Waals surface area (Å²) in [4.78, 5) is 10.8. The molecule has 0 radical (unpaired) electrons. The smallest absolute Gasteiger partial charge is 0.442 e. The van der Waals surface area contributed by atoms with Gasteiger partial charge in [0.15, 0.2) is 0 Å². The first-order chi connectivity index (χ1) is 7.76. The minimum Gasteiger partial charge on any atom is -0.478 e. The van der Waals surface area contributed by atoms with E-state index in [0.717, 1.165) is 6.07 Å². The fraction of sp³-hybridized carbons (Fsp3) is 0.300. The van der Waals surface area contributed by atoms with Gasteiger partial charge in [0.25, 0.3) is 0 Å². The van der Waals surface area contributed by atoms with Crippen molar-refractivity contribution in [1.82, 2.24) is 0 Å². The summed E-state index contributed by atoms with van der Waals surface area (Å²) in [7, 11) is 0. The molecule has 0 aromatic heterocycles. The molecule has 0 unspecified atom stereocenters. The Labute approximate surface area is 93.8 Å². The van der Waals surface area contributed by atoms with Crippen LogP contribution in [0.1, 0.15) is 21.5 Å². The molecule has 0 saturated carbocycles. The Hall–Kier alpha value is -1.92. The molecule has 0 fully saturated rings. The van der Waals surface area contributed by atoms with Crippen molar-refractivity contribution in [3.63, 3.8) is 0 Å². The number of alkyl halides is 3. The van der Waals surface area contributed by atoms with Crippen molar-refractivity contribution < 1.29 is 23.1 Å². The number of carboxylic acid groups (broad SMARTS) is 1. The molecule has 0 aliphatic carbocycles. The van der Waals surface area contributed by atoms with Gasteiger partial charge in [-0.05, 0) is 24.6 Å². The van der Waals surface area contributed by atoms with Crippen LogP contribution in [0, 0.1) is 6.92 Å². The topological polar surface area (TPSA) is 62.0 Å². The first-order valence-corrected chi connectivity index (χ1v) is 4.62. The number of hydrogen-bond acceptors (Lipinski definition) is 3. The van der Waals surface area contributed by atoms with Crippen LogP contribution in [0.4, 0.5) is 13.2 Å². The Balaban J connectivity index is 2.51. The molecule has 1 heterocycles. The molecule has 1 aromatic rings. The zero-order valence-corrected chi connectivity index (χ0v) is 8.62. The lowest BCUT2D eigenvalue weighted by Crippen LogP contribution is -2.30. The minimum atomic E-state index is -4.64. The molecule has 17 heavy (non-hydrogen) atoms. The molecule has 7 heteroatoms. The molecule has 1 N–H and O–H groups in total. The number of halogens is 3. The zero-order valence-electron chi connectivity index (χ0n) is 8.62. The molecule has 4 nitrogen and oxygen atoms in total. The highest BCUT2D eigenvalue weighted by atomic mass is 19.4. The van der Waals surface area contributed by atoms with Crippen molar-refractivity contribution in [2.75, 3.05) is 0 Å². The quantitative estimate of drug-likeness (QED) is 0.869. The van der Waals surface area contributed by atoms with Gasteiger partial charge >= 0.3 is 17.8 Å². The summed E-state index contributed by atoms with van der Waals surface area (Å²) in [6.07, 6.45) is -4.64. The Kier molecular flexibility index (Phi) is 2.23. The maximum atomic E-state index is 12.7. The highest BCUT2D eigenvalue weighted by Crippen LogP contribution is 2.52. The van der Waals surface area contributed by atoms with Crippen LogP contribution >= 0.6 is 0 Å². The summed E-state index contributed by atoms with van der Waals surface area (Å²) < 4.78 is 38.1. The van der Waals surface area contributed by atoms with Crippen LogP contribution in [0.15, 0.2) is 28.4 Å². The van der Waals surface area contributed by atoms with Gasteiger partial charge in [-0.3, -0.25) is 0 Å². The summed E-state index contributed by atoms with van der Waals surface area (Å²) in [5.41, 5.74) is -2.62. The van der Waals surface area contributed by atoms with E-state index in [-0.39, 0.29) is 11.1 Å². The summed E-state index contributed by atoms with van der Waals surface area (Å²) in [5.74, 6) is -1.28. The largest absolute Gasteiger partial charge is 0.478 e. The van der Waals surface area contributed by atoms with E-state index < -0.39 is 17.8 Å². The summed E-state index contributed by atoms with van der Waals surface area (Å²) in [6.45, 7) is 1.52. The standard InChI is InChI=1S/C10H7F3N2O2/c1-5-2-6(8(16)17)4-7(3-5)9(14-15-9)10(11,12)13/h2-4H,1H3,(H,16,17). The Morgan fingerprint density at radius 3 is 2.29 bits per heavy atom. The number of nitrogens with zero attached hydrogens (tertiary/aromatic N) is 2. The molecule has 0 spiro atoms. The monoisotopic (exact) mass is 244 g/mol. The van der Waals surface area contributed by atoms with E-state index in [2.05, 4.69) is 10.2 Å². The third-order valence-corrected chi connectivity index (χ3v) is 2.42. The molecule has 0 amide bonds. The summed E-state index contributed by atoms with van der Waals surface area (Å²) in [6, 6.07) is 3.47. The molecular weight excluding hydrogens is 237 g/mol. The van der Waals surface area contributed by atoms with Crippen molar-refractivity contribution in [3.8, 4) is 0 Å². The van der Waals surface area contributed by atoms with Gasteiger partial charge in [-0.15, -0.1) is 10.2 Å². The Morgan fingerprint density at radius 1 is 1.29 bits per heavy atom. The lowest BCUT2D eigenvalue weighted by molar-refractivity contribution is -0.166. The van der Waals surface area contributed by atoms with E-state index in [1.807, 2.05) is 0 Å². The summed E-state index contributed by atoms with van der Waals surface area (Å²) >= 11 is 0. The van der Waals surface area contributed by atoms with E-state index in [1.165, 1.54) is 19.1 Å². The maximum Gasteiger partial charge on any atom is 0.442 e. The van der Waals surface area contributed by atoms with Gasteiger partial charge in [-0.1, -0.05) is 6.07 Å². The van der Waals surface area contributed by atoms with Crippen molar-refractivity contribution in [2.45, 2.75) is 18.8 Å². The van der Waals surface area contributed by atoms with Crippen molar-refractivity contribution in [2.24, 2.45) is 10.2 Å². The lowest BCUT2D eigenvalue weighted by atomic mass is 9.98. The first kappa shape index (κ1) is 11.6. The van der Waals surface area contributed by atoms with Crippen LogP contribution in [0.3, 0.4) is 0 Å². The number of rotatable bonds is 2. The van der Waals surface area contributed by atoms with Crippen molar-refractivity contribution in [1.29, 1.82) is 0 Å². The van der Waals surface area contributed by atoms with Gasteiger partial charge in [0.05, 0.1) is 5.56 Å². The van der Waals surface area contributed by atoms with Gasteiger partial charge in [-0.25, -0.2) is 4.79 Å². The van der Waals surface area contributed by atoms with Crippen LogP contribution in [0.2, 0.25) is 0 Å². The number of carboxylic acids is 1. The molecular formula is C10H7F3N2O2. The van der Waals surface area contributed by atoms with E-state index in [9.17, 15) is 18.0 Å². The third kappa shape index (κ3) is 1.77. The second-order valence-corrected chi connectivity index (χ2v) is 3.76. The SMILES string of the molecule is Cc1cc(C(=O)O)cc(C2(C(F)(F)F)N=N2)c1. The highest BCUT2D eigenvalue weighted by molar-refractivity contribution is 5.88. The molecule has 1 aliphatic rings. The molecule has 1 aliphatic heterocycles. The van der Waals surface area contributed by atoms with Crippen LogP contribution in [0.25, 0.3) is 0 Å². The third-order valence-electron chi connectivity index (χ3n) is 2.42. The van der Waals surface area contributed by atoms with E-state index >= 15 is 0 Å². The van der Waals surface area contributed by atoms with E-state index in [4.69, 9.17) is 5.11 Å². The number of hydrogen-bond donors (Lipinski definition) is 1. The predicted octanol–water partition coefficient (Wildman–Crippen LogP) is 2.87. The van der Waals surface area contributed by atoms with Gasteiger partial charge < -0.3 is 5.11 Å². The second kappa shape index (κ2) is 3.28. The lowest BCUT2D eigenvalue weighted by Gasteiger charge is -2.15. The molecule has 2 rings (SSSR count). The number of aryl methyl sites for hydroxylation is 1. The second-order valence-electron chi connectivity index (χ2n) is 3.76. The van der Waals surface area contributed by atoms with Crippen LogP contribution in [-0.2, 0) is 5.66 Å². The van der Waals surface area contributed by atoms with Crippen molar-refractivity contribution >= 4 is 5.97 Å². The summed E-state index contributed by atoms with van der Waals surface area (Å²) in [5, 5.41) is 14.8. The number of carbonyl (C=O) groups is 1. The molecule has 0 atom stereocenters. The molecule has 0 bridgehead atoms. The minimum absolute atomic E-state index is 0.207. The molecule has 1 aromatic carbocycles. The van der Waals surface area contributed by atoms with E-state index in [1.54, 1.807) is 0 Å². The molecule has 0 saturated heterocycles. The maximum absolute atomic E-state index is 12.7. The van der Waals surface area contributed by atoms with Gasteiger partial charge in [0.1, 0.15) is 0 Å². The van der Waals surface area contributed by atoms with E-state index in [0.29, 0.717) is 5.56 Å². The van der Waals surface area contributed by atoms with Crippen molar-refractivity contribution in [3.05, 3.63) is 34.9 Å². The zero-order chi connectivity index (χ0) is 12.8. The predicted molar refractivity (Wildman–Crippen MR) is 50.7 cm³/mol. The van der Waals surface area contributed by atoms with Crippen LogP contribution in [-0.4, -0.2) is 17.3 Å². The van der Waals surface area contributed by atoms with Gasteiger partial charge in [0, 0.05) is 5.56 Å².